The van der Waals surface area contributed by atoms with Crippen LogP contribution in [0.15, 0.2) is 47.5 Å². The Balaban J connectivity index is 1.41. The Morgan fingerprint density at radius 2 is 1.94 bits per heavy atom. The highest BCUT2D eigenvalue weighted by atomic mass is 16.5. The zero-order chi connectivity index (χ0) is 24.9. The highest BCUT2D eigenvalue weighted by Crippen LogP contribution is 2.34. The number of nitrogens with one attached hydrogen (secondary N) is 2. The van der Waals surface area contributed by atoms with Crippen molar-refractivity contribution in [1.29, 1.82) is 0 Å². The van der Waals surface area contributed by atoms with Crippen LogP contribution in [0.4, 0.5) is 5.69 Å². The van der Waals surface area contributed by atoms with Crippen LogP contribution in [0.1, 0.15) is 18.9 Å². The summed E-state index contributed by atoms with van der Waals surface area (Å²) in [5.41, 5.74) is 3.66. The topological polar surface area (TPSA) is 101 Å². The van der Waals surface area contributed by atoms with Gasteiger partial charge in [-0.3, -0.25) is 14.2 Å². The number of amides is 1. The van der Waals surface area contributed by atoms with Crippen LogP contribution in [0.3, 0.4) is 0 Å². The van der Waals surface area contributed by atoms with Gasteiger partial charge in [0.15, 0.2) is 11.5 Å². The lowest BCUT2D eigenvalue weighted by Crippen LogP contribution is -2.34. The number of nitrogens with zero attached hydrogens (tertiary/aromatic N) is 3. The molecule has 0 spiro atoms. The number of aromatic nitrogens is 3. The van der Waals surface area contributed by atoms with Crippen molar-refractivity contribution in [2.45, 2.75) is 26.8 Å². The zero-order valence-electron chi connectivity index (χ0n) is 20.6. The lowest BCUT2D eigenvalue weighted by Gasteiger charge is -2.23. The molecular formula is C26H31N5O4. The molecule has 0 aliphatic rings. The Morgan fingerprint density at radius 1 is 1.17 bits per heavy atom. The van der Waals surface area contributed by atoms with Crippen LogP contribution in [0.25, 0.3) is 21.9 Å². The fraction of sp³-hybridized carbons (Fsp3) is 0.346. The van der Waals surface area contributed by atoms with Crippen molar-refractivity contribution in [3.8, 4) is 11.5 Å². The fourth-order valence-electron chi connectivity index (χ4n) is 4.23. The molecule has 0 saturated heterocycles. The SMILES string of the molecule is CCN(CCCNC(=O)Cn1cnc2c([nH]c3cc(OC)c(OC)cc32)c1=O)c1cccc(C)c1. The predicted octanol–water partition coefficient (Wildman–Crippen LogP) is 3.24. The van der Waals surface area contributed by atoms with E-state index in [4.69, 9.17) is 9.47 Å². The van der Waals surface area contributed by atoms with Crippen molar-refractivity contribution in [1.82, 2.24) is 19.9 Å². The third-order valence-electron chi connectivity index (χ3n) is 6.07. The second kappa shape index (κ2) is 10.5. The molecule has 0 fully saturated rings. The van der Waals surface area contributed by atoms with Crippen molar-refractivity contribution >= 4 is 33.5 Å². The Morgan fingerprint density at radius 3 is 2.66 bits per heavy atom. The predicted molar refractivity (Wildman–Crippen MR) is 138 cm³/mol. The maximum atomic E-state index is 13.0. The molecule has 0 aliphatic carbocycles. The third-order valence-corrected chi connectivity index (χ3v) is 6.07. The second-order valence-corrected chi connectivity index (χ2v) is 8.40. The van der Waals surface area contributed by atoms with Crippen LogP contribution < -0.4 is 25.2 Å². The number of aromatic amines is 1. The lowest BCUT2D eigenvalue weighted by atomic mass is 10.2. The van der Waals surface area contributed by atoms with E-state index in [1.165, 1.54) is 22.1 Å². The molecule has 9 heteroatoms. The molecule has 2 heterocycles. The average molecular weight is 478 g/mol. The number of aryl methyl sites for hydroxylation is 1. The van der Waals surface area contributed by atoms with Gasteiger partial charge in [0.1, 0.15) is 17.6 Å². The van der Waals surface area contributed by atoms with E-state index >= 15 is 0 Å². The number of carbonyl (C=O) groups is 1. The monoisotopic (exact) mass is 477 g/mol. The van der Waals surface area contributed by atoms with E-state index in [2.05, 4.69) is 58.3 Å². The molecule has 2 aromatic carbocycles. The summed E-state index contributed by atoms with van der Waals surface area (Å²) in [5.74, 6) is 0.872. The van der Waals surface area contributed by atoms with E-state index in [1.54, 1.807) is 26.4 Å². The molecule has 9 nitrogen and oxygen atoms in total. The van der Waals surface area contributed by atoms with E-state index in [0.717, 1.165) is 24.9 Å². The molecule has 2 N–H and O–H groups in total. The fourth-order valence-corrected chi connectivity index (χ4v) is 4.23. The first-order valence-electron chi connectivity index (χ1n) is 11.7. The van der Waals surface area contributed by atoms with E-state index in [0.29, 0.717) is 34.6 Å². The number of hydrogen-bond donors (Lipinski definition) is 2. The van der Waals surface area contributed by atoms with Crippen LogP contribution in [0.2, 0.25) is 0 Å². The first-order chi connectivity index (χ1) is 16.9. The molecule has 4 aromatic rings. The van der Waals surface area contributed by atoms with Crippen molar-refractivity contribution in [2.24, 2.45) is 0 Å². The van der Waals surface area contributed by atoms with Crippen molar-refractivity contribution in [3.05, 3.63) is 58.6 Å². The summed E-state index contributed by atoms with van der Waals surface area (Å²) in [5, 5.41) is 3.66. The number of benzene rings is 2. The summed E-state index contributed by atoms with van der Waals surface area (Å²) in [4.78, 5) is 35.4. The van der Waals surface area contributed by atoms with Crippen molar-refractivity contribution < 1.29 is 14.3 Å². The largest absolute Gasteiger partial charge is 0.493 e. The number of ether oxygens (including phenoxy) is 2. The van der Waals surface area contributed by atoms with E-state index in [9.17, 15) is 9.59 Å². The minimum atomic E-state index is -0.309. The van der Waals surface area contributed by atoms with E-state index in [-0.39, 0.29) is 18.0 Å². The van der Waals surface area contributed by atoms with Gasteiger partial charge >= 0.3 is 0 Å². The Hall–Kier alpha value is -4.01. The molecule has 1 amide bonds. The van der Waals surface area contributed by atoms with Gasteiger partial charge in [0.25, 0.3) is 5.56 Å². The summed E-state index contributed by atoms with van der Waals surface area (Å²) in [7, 11) is 3.11. The Kier molecular flexibility index (Phi) is 7.24. The van der Waals surface area contributed by atoms with Gasteiger partial charge in [0.05, 0.1) is 26.1 Å². The molecule has 4 rings (SSSR count). The number of fused-ring (bicyclic) bond motifs is 3. The Labute approximate surface area is 203 Å². The van der Waals surface area contributed by atoms with Crippen LogP contribution in [0.5, 0.6) is 11.5 Å². The number of hydrogen-bond acceptors (Lipinski definition) is 6. The molecule has 0 saturated carbocycles. The summed E-state index contributed by atoms with van der Waals surface area (Å²) in [6.07, 6.45) is 2.20. The van der Waals surface area contributed by atoms with Gasteiger partial charge in [-0.1, -0.05) is 12.1 Å². The number of methoxy groups -OCH3 is 2. The van der Waals surface area contributed by atoms with Crippen LogP contribution in [0, 0.1) is 6.92 Å². The zero-order valence-corrected chi connectivity index (χ0v) is 20.6. The molecule has 0 aliphatic heterocycles. The van der Waals surface area contributed by atoms with Gasteiger partial charge < -0.3 is 24.7 Å². The minimum absolute atomic E-state index is 0.0981. The van der Waals surface area contributed by atoms with Crippen LogP contribution >= 0.6 is 0 Å². The van der Waals surface area contributed by atoms with Gasteiger partial charge in [-0.25, -0.2) is 4.98 Å². The van der Waals surface area contributed by atoms with Crippen molar-refractivity contribution in [2.75, 3.05) is 38.8 Å². The molecule has 2 aromatic heterocycles. The highest BCUT2D eigenvalue weighted by molar-refractivity contribution is 6.05. The van der Waals surface area contributed by atoms with E-state index in [1.807, 2.05) is 0 Å². The minimum Gasteiger partial charge on any atom is -0.493 e. The number of H-pyrrole nitrogens is 1. The molecule has 0 atom stereocenters. The van der Waals surface area contributed by atoms with Gasteiger partial charge in [0, 0.05) is 36.8 Å². The summed E-state index contributed by atoms with van der Waals surface area (Å²) in [6, 6.07) is 11.9. The molecule has 0 radical (unpaired) electrons. The van der Waals surface area contributed by atoms with Crippen LogP contribution in [-0.4, -0.2) is 54.3 Å². The standard InChI is InChI=1S/C26H31N5O4/c1-5-30(18-9-6-8-17(2)12-18)11-7-10-27-23(32)15-31-16-28-24-19-13-21(34-3)22(35-4)14-20(19)29-25(24)26(31)33/h6,8-9,12-14,16,29H,5,7,10-11,15H2,1-4H3,(H,27,32). The van der Waals surface area contributed by atoms with E-state index < -0.39 is 0 Å². The average Bonchev–Trinajstić information content (AvgIpc) is 3.23. The number of rotatable bonds is 10. The lowest BCUT2D eigenvalue weighted by molar-refractivity contribution is -0.121. The molecule has 35 heavy (non-hydrogen) atoms. The first-order valence-corrected chi connectivity index (χ1v) is 11.7. The molecule has 184 valence electrons. The second-order valence-electron chi connectivity index (χ2n) is 8.40. The van der Waals surface area contributed by atoms with Crippen molar-refractivity contribution in [3.63, 3.8) is 0 Å². The molecule has 0 bridgehead atoms. The normalized spacial score (nSPS) is 11.1. The number of anilines is 1. The van der Waals surface area contributed by atoms with Gasteiger partial charge in [0.2, 0.25) is 5.91 Å². The third kappa shape index (κ3) is 5.08. The summed E-state index contributed by atoms with van der Waals surface area (Å²) in [6.45, 7) is 6.34. The van der Waals surface area contributed by atoms with Crippen LogP contribution in [-0.2, 0) is 11.3 Å². The maximum Gasteiger partial charge on any atom is 0.278 e. The van der Waals surface area contributed by atoms with Gasteiger partial charge in [-0.15, -0.1) is 0 Å². The van der Waals surface area contributed by atoms with Gasteiger partial charge in [-0.2, -0.15) is 0 Å². The quantitative estimate of drug-likeness (QED) is 0.340. The highest BCUT2D eigenvalue weighted by Gasteiger charge is 2.16. The molecule has 0 unspecified atom stereocenters. The summed E-state index contributed by atoms with van der Waals surface area (Å²) >= 11 is 0. The first kappa shape index (κ1) is 24.1. The number of carbonyl (C=O) groups excluding carboxylic acids is 1. The smallest absolute Gasteiger partial charge is 0.278 e. The summed E-state index contributed by atoms with van der Waals surface area (Å²) < 4.78 is 12.0. The maximum absolute atomic E-state index is 13.0. The van der Waals surface area contributed by atoms with Gasteiger partial charge in [-0.05, 0) is 44.0 Å². The Bertz CT molecular complexity index is 1410. The molecular weight excluding hydrogens is 446 g/mol.